The topological polar surface area (TPSA) is 49.4 Å². The fourth-order valence-corrected chi connectivity index (χ4v) is 2.32. The van der Waals surface area contributed by atoms with Crippen molar-refractivity contribution in [3.8, 4) is 0 Å². The number of carbonyl (C=O) groups excluding carboxylic acids is 2. The summed E-state index contributed by atoms with van der Waals surface area (Å²) in [5.74, 6) is -0.224. The molecule has 1 aliphatic rings. The Kier molecular flexibility index (Phi) is 4.42. The van der Waals surface area contributed by atoms with Crippen molar-refractivity contribution >= 4 is 17.5 Å². The second kappa shape index (κ2) is 6.07. The molecule has 1 aliphatic heterocycles. The van der Waals surface area contributed by atoms with Gasteiger partial charge in [0.2, 0.25) is 11.8 Å². The Bertz CT molecular complexity index is 496. The summed E-state index contributed by atoms with van der Waals surface area (Å²) in [4.78, 5) is 25.9. The Hall–Kier alpha value is -1.84. The summed E-state index contributed by atoms with van der Waals surface area (Å²) in [6.07, 6.45) is 1.20. The van der Waals surface area contributed by atoms with Gasteiger partial charge in [-0.25, -0.2) is 0 Å². The number of anilines is 1. The summed E-state index contributed by atoms with van der Waals surface area (Å²) in [6.45, 7) is 6.50. The van der Waals surface area contributed by atoms with Crippen LogP contribution in [-0.4, -0.2) is 24.4 Å². The van der Waals surface area contributed by atoms with E-state index in [1.807, 2.05) is 45.0 Å². The van der Waals surface area contributed by atoms with Gasteiger partial charge in [-0.05, 0) is 32.4 Å². The highest BCUT2D eigenvalue weighted by atomic mass is 16.2. The van der Waals surface area contributed by atoms with Crippen molar-refractivity contribution in [2.24, 2.45) is 5.92 Å². The molecule has 2 amide bonds. The lowest BCUT2D eigenvalue weighted by Gasteiger charge is -2.18. The number of benzene rings is 1. The van der Waals surface area contributed by atoms with Crippen LogP contribution in [0.2, 0.25) is 0 Å². The third-order valence-corrected chi connectivity index (χ3v) is 3.84. The van der Waals surface area contributed by atoms with Gasteiger partial charge in [-0.1, -0.05) is 24.6 Å². The number of hydrogen-bond acceptors (Lipinski definition) is 2. The average molecular weight is 274 g/mol. The van der Waals surface area contributed by atoms with Crippen LogP contribution in [-0.2, 0) is 9.59 Å². The molecule has 1 aromatic carbocycles. The van der Waals surface area contributed by atoms with Crippen LogP contribution >= 0.6 is 0 Å². The maximum Gasteiger partial charge on any atom is 0.227 e. The van der Waals surface area contributed by atoms with Crippen LogP contribution in [0.25, 0.3) is 0 Å². The van der Waals surface area contributed by atoms with Gasteiger partial charge < -0.3 is 10.2 Å². The molecule has 1 heterocycles. The predicted molar refractivity (Wildman–Crippen MR) is 79.5 cm³/mol. The van der Waals surface area contributed by atoms with Gasteiger partial charge in [0.05, 0.1) is 5.92 Å². The van der Waals surface area contributed by atoms with E-state index < -0.39 is 0 Å². The summed E-state index contributed by atoms with van der Waals surface area (Å²) < 4.78 is 0. The predicted octanol–water partition coefficient (Wildman–Crippen LogP) is 2.26. The molecule has 0 saturated carbocycles. The zero-order valence-electron chi connectivity index (χ0n) is 12.3. The maximum atomic E-state index is 12.1. The molecule has 0 aromatic heterocycles. The summed E-state index contributed by atoms with van der Waals surface area (Å²) in [6, 6.07) is 7.99. The summed E-state index contributed by atoms with van der Waals surface area (Å²) in [5.41, 5.74) is 2.03. The lowest BCUT2D eigenvalue weighted by atomic mass is 10.1. The first-order chi connectivity index (χ1) is 9.51. The maximum absolute atomic E-state index is 12.1. The van der Waals surface area contributed by atoms with E-state index in [1.54, 1.807) is 4.90 Å². The van der Waals surface area contributed by atoms with Gasteiger partial charge in [0.1, 0.15) is 0 Å². The summed E-state index contributed by atoms with van der Waals surface area (Å²) in [7, 11) is 0. The summed E-state index contributed by atoms with van der Waals surface area (Å²) in [5, 5.41) is 2.96. The molecule has 1 N–H and O–H groups in total. The number of nitrogens with one attached hydrogen (secondary N) is 1. The van der Waals surface area contributed by atoms with Gasteiger partial charge in [-0.2, -0.15) is 0 Å². The van der Waals surface area contributed by atoms with Gasteiger partial charge in [-0.3, -0.25) is 9.59 Å². The number of aryl methyl sites for hydroxylation is 1. The zero-order valence-corrected chi connectivity index (χ0v) is 12.3. The van der Waals surface area contributed by atoms with E-state index in [4.69, 9.17) is 0 Å². The lowest BCUT2D eigenvalue weighted by molar-refractivity contribution is -0.126. The Morgan fingerprint density at radius 2 is 2.05 bits per heavy atom. The first-order valence-electron chi connectivity index (χ1n) is 7.18. The van der Waals surface area contributed by atoms with Crippen LogP contribution in [0.3, 0.4) is 0 Å². The minimum atomic E-state index is -0.238. The highest BCUT2D eigenvalue weighted by Crippen LogP contribution is 2.25. The Balaban J connectivity index is 2.03. The molecule has 0 bridgehead atoms. The first-order valence-corrected chi connectivity index (χ1v) is 7.18. The van der Waals surface area contributed by atoms with Crippen LogP contribution in [0.5, 0.6) is 0 Å². The molecular weight excluding hydrogens is 252 g/mol. The average Bonchev–Trinajstić information content (AvgIpc) is 2.81. The van der Waals surface area contributed by atoms with E-state index in [1.165, 1.54) is 0 Å². The molecule has 0 unspecified atom stereocenters. The minimum Gasteiger partial charge on any atom is -0.353 e. The number of nitrogens with zero attached hydrogens (tertiary/aromatic N) is 1. The fraction of sp³-hybridized carbons (Fsp3) is 0.500. The minimum absolute atomic E-state index is 0.0117. The Morgan fingerprint density at radius 1 is 1.40 bits per heavy atom. The zero-order chi connectivity index (χ0) is 14.7. The van der Waals surface area contributed by atoms with E-state index in [0.29, 0.717) is 13.0 Å². The van der Waals surface area contributed by atoms with Crippen LogP contribution in [0.4, 0.5) is 5.69 Å². The van der Waals surface area contributed by atoms with E-state index in [2.05, 4.69) is 5.32 Å². The summed E-state index contributed by atoms with van der Waals surface area (Å²) >= 11 is 0. The molecule has 0 spiro atoms. The van der Waals surface area contributed by atoms with E-state index in [9.17, 15) is 9.59 Å². The standard InChI is InChI=1S/C16H22N2O2/c1-4-12(3)17-16(20)13-9-15(19)18(10-13)14-7-5-11(2)6-8-14/h5-8,12-13H,4,9-10H2,1-3H3,(H,17,20)/t12-,13-/m1/s1. The van der Waals surface area contributed by atoms with E-state index in [-0.39, 0.29) is 23.8 Å². The molecule has 108 valence electrons. The lowest BCUT2D eigenvalue weighted by Crippen LogP contribution is -2.38. The molecule has 2 rings (SSSR count). The van der Waals surface area contributed by atoms with Crippen molar-refractivity contribution in [3.63, 3.8) is 0 Å². The van der Waals surface area contributed by atoms with Gasteiger partial charge in [0.25, 0.3) is 0 Å². The molecule has 1 saturated heterocycles. The molecule has 0 aliphatic carbocycles. The Labute approximate surface area is 120 Å². The molecule has 1 fully saturated rings. The van der Waals surface area contributed by atoms with Gasteiger partial charge >= 0.3 is 0 Å². The normalized spacial score (nSPS) is 20.1. The smallest absolute Gasteiger partial charge is 0.227 e. The highest BCUT2D eigenvalue weighted by Gasteiger charge is 2.35. The molecule has 20 heavy (non-hydrogen) atoms. The number of hydrogen-bond donors (Lipinski definition) is 1. The van der Waals surface area contributed by atoms with Crippen molar-refractivity contribution in [1.29, 1.82) is 0 Å². The molecular formula is C16H22N2O2. The number of carbonyl (C=O) groups is 2. The van der Waals surface area contributed by atoms with Gasteiger partial charge in [0, 0.05) is 24.7 Å². The van der Waals surface area contributed by atoms with Crippen LogP contribution in [0.1, 0.15) is 32.3 Å². The van der Waals surface area contributed by atoms with Crippen molar-refractivity contribution in [2.75, 3.05) is 11.4 Å². The number of rotatable bonds is 4. The fourth-order valence-electron chi connectivity index (χ4n) is 2.32. The van der Waals surface area contributed by atoms with Crippen molar-refractivity contribution < 1.29 is 9.59 Å². The molecule has 4 heteroatoms. The van der Waals surface area contributed by atoms with Crippen LogP contribution in [0, 0.1) is 12.8 Å². The van der Waals surface area contributed by atoms with Crippen LogP contribution in [0.15, 0.2) is 24.3 Å². The van der Waals surface area contributed by atoms with E-state index in [0.717, 1.165) is 17.7 Å². The van der Waals surface area contributed by atoms with E-state index >= 15 is 0 Å². The third kappa shape index (κ3) is 3.18. The van der Waals surface area contributed by atoms with Gasteiger partial charge in [-0.15, -0.1) is 0 Å². The molecule has 0 radical (unpaired) electrons. The quantitative estimate of drug-likeness (QED) is 0.915. The largest absolute Gasteiger partial charge is 0.353 e. The SMILES string of the molecule is CC[C@@H](C)NC(=O)[C@@H]1CC(=O)N(c2ccc(C)cc2)C1. The van der Waals surface area contributed by atoms with Crippen molar-refractivity contribution in [3.05, 3.63) is 29.8 Å². The van der Waals surface area contributed by atoms with Gasteiger partial charge in [0.15, 0.2) is 0 Å². The first kappa shape index (κ1) is 14.6. The van der Waals surface area contributed by atoms with Crippen molar-refractivity contribution in [2.45, 2.75) is 39.7 Å². The van der Waals surface area contributed by atoms with Crippen molar-refractivity contribution in [1.82, 2.24) is 5.32 Å². The molecule has 2 atom stereocenters. The van der Waals surface area contributed by atoms with Crippen LogP contribution < -0.4 is 10.2 Å². The number of amides is 2. The monoisotopic (exact) mass is 274 g/mol. The highest BCUT2D eigenvalue weighted by molar-refractivity contribution is 6.00. The molecule has 1 aromatic rings. The second-order valence-electron chi connectivity index (χ2n) is 5.56. The Morgan fingerprint density at radius 3 is 2.65 bits per heavy atom. The third-order valence-electron chi connectivity index (χ3n) is 3.84. The second-order valence-corrected chi connectivity index (χ2v) is 5.56. The molecule has 4 nitrogen and oxygen atoms in total.